The van der Waals surface area contributed by atoms with Crippen LogP contribution >= 0.6 is 27.5 Å². The van der Waals surface area contributed by atoms with E-state index in [9.17, 15) is 4.79 Å². The van der Waals surface area contributed by atoms with E-state index >= 15 is 0 Å². The lowest BCUT2D eigenvalue weighted by atomic mass is 10.2. The molecule has 0 spiro atoms. The summed E-state index contributed by atoms with van der Waals surface area (Å²) < 4.78 is 2.54. The van der Waals surface area contributed by atoms with Crippen LogP contribution in [0.3, 0.4) is 0 Å². The summed E-state index contributed by atoms with van der Waals surface area (Å²) in [4.78, 5) is 12.1. The molecule has 0 bridgehead atoms. The molecule has 0 saturated heterocycles. The summed E-state index contributed by atoms with van der Waals surface area (Å²) in [5.41, 5.74) is 2.58. The summed E-state index contributed by atoms with van der Waals surface area (Å²) >= 11 is 9.29. The van der Waals surface area contributed by atoms with Gasteiger partial charge in [0.25, 0.3) is 5.91 Å². The number of nitrogens with one attached hydrogen (secondary N) is 1. The van der Waals surface area contributed by atoms with Crippen LogP contribution < -0.4 is 5.32 Å². The van der Waals surface area contributed by atoms with E-state index in [1.807, 2.05) is 20.2 Å². The standard InChI is InChI=1S/C14H15BrClN3O/c1-3-13-10(8-19(2)18-13)7-17-14(20)9-4-5-11(15)12(16)6-9/h4-6,8H,3,7H2,1-2H3,(H,17,20). The van der Waals surface area contributed by atoms with Gasteiger partial charge in [0.15, 0.2) is 0 Å². The Morgan fingerprint density at radius 2 is 2.25 bits per heavy atom. The lowest BCUT2D eigenvalue weighted by Gasteiger charge is -2.06. The molecule has 2 aromatic rings. The number of hydrogen-bond acceptors (Lipinski definition) is 2. The molecule has 0 aliphatic rings. The maximum atomic E-state index is 12.1. The number of hydrogen-bond donors (Lipinski definition) is 1. The summed E-state index contributed by atoms with van der Waals surface area (Å²) in [6.07, 6.45) is 2.77. The van der Waals surface area contributed by atoms with E-state index in [0.717, 1.165) is 22.2 Å². The van der Waals surface area contributed by atoms with Crippen molar-refractivity contribution in [3.63, 3.8) is 0 Å². The number of rotatable bonds is 4. The monoisotopic (exact) mass is 355 g/mol. The Morgan fingerprint density at radius 3 is 2.90 bits per heavy atom. The fourth-order valence-corrected chi connectivity index (χ4v) is 2.37. The number of nitrogens with zero attached hydrogens (tertiary/aromatic N) is 2. The first-order valence-corrected chi connectivity index (χ1v) is 7.43. The van der Waals surface area contributed by atoms with Gasteiger partial charge in [0.1, 0.15) is 0 Å². The molecule has 2 rings (SSSR count). The van der Waals surface area contributed by atoms with Crippen molar-refractivity contribution in [3.05, 3.63) is 50.7 Å². The molecule has 6 heteroatoms. The molecule has 0 unspecified atom stereocenters. The van der Waals surface area contributed by atoms with Crippen molar-refractivity contribution in [3.8, 4) is 0 Å². The normalized spacial score (nSPS) is 10.6. The van der Waals surface area contributed by atoms with E-state index in [4.69, 9.17) is 11.6 Å². The maximum absolute atomic E-state index is 12.1. The van der Waals surface area contributed by atoms with Gasteiger partial charge in [-0.25, -0.2) is 0 Å². The number of carbonyl (C=O) groups excluding carboxylic acids is 1. The summed E-state index contributed by atoms with van der Waals surface area (Å²) in [5, 5.41) is 7.75. The number of benzene rings is 1. The van der Waals surface area contributed by atoms with E-state index in [2.05, 4.69) is 26.3 Å². The van der Waals surface area contributed by atoms with Gasteiger partial charge in [-0.2, -0.15) is 5.10 Å². The Hall–Kier alpha value is -1.33. The molecule has 1 heterocycles. The van der Waals surface area contributed by atoms with E-state index < -0.39 is 0 Å². The van der Waals surface area contributed by atoms with Crippen molar-refractivity contribution in [1.82, 2.24) is 15.1 Å². The van der Waals surface area contributed by atoms with Gasteiger partial charge in [0.05, 0.1) is 10.7 Å². The second-order valence-electron chi connectivity index (χ2n) is 4.44. The van der Waals surface area contributed by atoms with Crippen LogP contribution in [0.1, 0.15) is 28.5 Å². The second-order valence-corrected chi connectivity index (χ2v) is 5.70. The quantitative estimate of drug-likeness (QED) is 0.913. The first-order chi connectivity index (χ1) is 9.51. The van der Waals surface area contributed by atoms with Crippen LogP contribution in [0.25, 0.3) is 0 Å². The predicted molar refractivity (Wildman–Crippen MR) is 82.9 cm³/mol. The topological polar surface area (TPSA) is 46.9 Å². The van der Waals surface area contributed by atoms with Gasteiger partial charge in [-0.3, -0.25) is 9.48 Å². The van der Waals surface area contributed by atoms with Crippen LogP contribution in [0.5, 0.6) is 0 Å². The molecule has 1 amide bonds. The average Bonchev–Trinajstić information content (AvgIpc) is 2.79. The van der Waals surface area contributed by atoms with Gasteiger partial charge in [0.2, 0.25) is 0 Å². The highest BCUT2D eigenvalue weighted by Gasteiger charge is 2.10. The maximum Gasteiger partial charge on any atom is 0.251 e. The highest BCUT2D eigenvalue weighted by Crippen LogP contribution is 2.23. The molecular weight excluding hydrogens is 342 g/mol. The molecule has 0 saturated carbocycles. The predicted octanol–water partition coefficient (Wildman–Crippen LogP) is 3.33. The Labute approximate surface area is 131 Å². The number of amides is 1. The number of aryl methyl sites for hydroxylation is 2. The van der Waals surface area contributed by atoms with Crippen LogP contribution in [0.15, 0.2) is 28.9 Å². The third-order valence-corrected chi connectivity index (χ3v) is 4.18. The summed E-state index contributed by atoms with van der Waals surface area (Å²) in [5.74, 6) is -0.148. The fraction of sp³-hybridized carbons (Fsp3) is 0.286. The second kappa shape index (κ2) is 6.41. The van der Waals surface area contributed by atoms with Gasteiger partial charge in [-0.1, -0.05) is 18.5 Å². The van der Waals surface area contributed by atoms with Crippen molar-refractivity contribution in [2.45, 2.75) is 19.9 Å². The highest BCUT2D eigenvalue weighted by atomic mass is 79.9. The number of halogens is 2. The van der Waals surface area contributed by atoms with Crippen molar-refractivity contribution in [2.24, 2.45) is 7.05 Å². The molecule has 4 nitrogen and oxygen atoms in total. The zero-order chi connectivity index (χ0) is 14.7. The third kappa shape index (κ3) is 3.41. The van der Waals surface area contributed by atoms with Crippen LogP contribution in [0.4, 0.5) is 0 Å². The smallest absolute Gasteiger partial charge is 0.251 e. The zero-order valence-electron chi connectivity index (χ0n) is 11.3. The third-order valence-electron chi connectivity index (χ3n) is 2.95. The Bertz CT molecular complexity index is 639. The number of carbonyl (C=O) groups is 1. The minimum absolute atomic E-state index is 0.148. The first kappa shape index (κ1) is 15.1. The van der Waals surface area contributed by atoms with E-state index in [-0.39, 0.29) is 5.91 Å². The van der Waals surface area contributed by atoms with Gasteiger partial charge in [-0.05, 0) is 40.5 Å². The van der Waals surface area contributed by atoms with Crippen LogP contribution in [-0.2, 0) is 20.0 Å². The van der Waals surface area contributed by atoms with Crippen molar-refractivity contribution in [2.75, 3.05) is 0 Å². The molecular formula is C14H15BrClN3O. The molecule has 106 valence electrons. The Morgan fingerprint density at radius 1 is 1.50 bits per heavy atom. The van der Waals surface area contributed by atoms with Crippen molar-refractivity contribution >= 4 is 33.4 Å². The summed E-state index contributed by atoms with van der Waals surface area (Å²) in [6, 6.07) is 5.14. The minimum Gasteiger partial charge on any atom is -0.348 e. The van der Waals surface area contributed by atoms with E-state index in [1.54, 1.807) is 22.9 Å². The van der Waals surface area contributed by atoms with Crippen LogP contribution in [0.2, 0.25) is 5.02 Å². The molecule has 0 aliphatic carbocycles. The summed E-state index contributed by atoms with van der Waals surface area (Å²) in [7, 11) is 1.87. The summed E-state index contributed by atoms with van der Waals surface area (Å²) in [6.45, 7) is 2.51. The average molecular weight is 357 g/mol. The van der Waals surface area contributed by atoms with Gasteiger partial charge < -0.3 is 5.32 Å². The lowest BCUT2D eigenvalue weighted by Crippen LogP contribution is -2.23. The molecule has 1 aromatic heterocycles. The van der Waals surface area contributed by atoms with Crippen LogP contribution in [0, 0.1) is 0 Å². The van der Waals surface area contributed by atoms with Gasteiger partial charge >= 0.3 is 0 Å². The van der Waals surface area contributed by atoms with Gasteiger partial charge in [-0.15, -0.1) is 0 Å². The van der Waals surface area contributed by atoms with Crippen LogP contribution in [-0.4, -0.2) is 15.7 Å². The molecule has 0 radical (unpaired) electrons. The molecule has 1 aromatic carbocycles. The number of aromatic nitrogens is 2. The molecule has 0 aliphatic heterocycles. The van der Waals surface area contributed by atoms with E-state index in [0.29, 0.717) is 17.1 Å². The Kier molecular flexibility index (Phi) is 4.83. The molecule has 0 atom stereocenters. The van der Waals surface area contributed by atoms with Gasteiger partial charge in [0, 0.05) is 35.4 Å². The fourth-order valence-electron chi connectivity index (χ4n) is 1.94. The zero-order valence-corrected chi connectivity index (χ0v) is 13.6. The largest absolute Gasteiger partial charge is 0.348 e. The molecule has 1 N–H and O–H groups in total. The molecule has 0 fully saturated rings. The van der Waals surface area contributed by atoms with E-state index in [1.165, 1.54) is 0 Å². The van der Waals surface area contributed by atoms with Crippen molar-refractivity contribution < 1.29 is 4.79 Å². The lowest BCUT2D eigenvalue weighted by molar-refractivity contribution is 0.0951. The highest BCUT2D eigenvalue weighted by molar-refractivity contribution is 9.10. The molecule has 20 heavy (non-hydrogen) atoms. The first-order valence-electron chi connectivity index (χ1n) is 6.26. The SMILES string of the molecule is CCc1nn(C)cc1CNC(=O)c1ccc(Br)c(Cl)c1. The Balaban J connectivity index is 2.06. The van der Waals surface area contributed by atoms with Crippen molar-refractivity contribution in [1.29, 1.82) is 0 Å². The minimum atomic E-state index is -0.148.